The van der Waals surface area contributed by atoms with Crippen molar-refractivity contribution in [3.63, 3.8) is 0 Å². The van der Waals surface area contributed by atoms with Crippen molar-refractivity contribution in [2.75, 3.05) is 44.3 Å². The standard InChI is InChI=1S/C35H39F2N3O5/c1-22-17-25(23-7-14-40(15-8-23)34(41)27-11-16-44-20-27)5-6-26(22)21-45-33-29(18-28(36)19-30(33)37)31-3-2-4-32(38-31)39-12-9-24(10-13-39)35(42)43/h2-6,17-19,23-24,27H,7-16,20-21H2,1H3,(H,42,43)/p-1. The van der Waals surface area contributed by atoms with Crippen LogP contribution in [0.4, 0.5) is 14.6 Å². The van der Waals surface area contributed by atoms with Crippen molar-refractivity contribution in [2.45, 2.75) is 51.6 Å². The minimum absolute atomic E-state index is 0.00421. The molecule has 0 bridgehead atoms. The van der Waals surface area contributed by atoms with Gasteiger partial charge in [-0.15, -0.1) is 0 Å². The highest BCUT2D eigenvalue weighted by atomic mass is 19.1. The molecule has 1 aromatic heterocycles. The number of pyridine rings is 1. The van der Waals surface area contributed by atoms with E-state index in [2.05, 4.69) is 17.1 Å². The van der Waals surface area contributed by atoms with Crippen molar-refractivity contribution in [3.8, 4) is 17.0 Å². The van der Waals surface area contributed by atoms with Gasteiger partial charge >= 0.3 is 0 Å². The van der Waals surface area contributed by atoms with Crippen LogP contribution in [0.3, 0.4) is 0 Å². The van der Waals surface area contributed by atoms with Gasteiger partial charge in [-0.3, -0.25) is 4.79 Å². The number of ether oxygens (including phenoxy) is 2. The Morgan fingerprint density at radius 1 is 0.978 bits per heavy atom. The highest BCUT2D eigenvalue weighted by Gasteiger charge is 2.31. The van der Waals surface area contributed by atoms with Gasteiger partial charge in [0.15, 0.2) is 11.6 Å². The summed E-state index contributed by atoms with van der Waals surface area (Å²) in [4.78, 5) is 32.6. The summed E-state index contributed by atoms with van der Waals surface area (Å²) in [5, 5.41) is 11.2. The van der Waals surface area contributed by atoms with Gasteiger partial charge in [-0.1, -0.05) is 24.3 Å². The summed E-state index contributed by atoms with van der Waals surface area (Å²) in [7, 11) is 0. The Labute approximate surface area is 262 Å². The molecule has 3 aliphatic rings. The second-order valence-electron chi connectivity index (χ2n) is 12.4. The van der Waals surface area contributed by atoms with E-state index in [9.17, 15) is 19.1 Å². The fourth-order valence-corrected chi connectivity index (χ4v) is 6.70. The van der Waals surface area contributed by atoms with Crippen LogP contribution < -0.4 is 14.7 Å². The van der Waals surface area contributed by atoms with Crippen molar-refractivity contribution in [1.82, 2.24) is 9.88 Å². The number of nitrogens with zero attached hydrogens (tertiary/aromatic N) is 3. The molecule has 1 unspecified atom stereocenters. The molecule has 0 saturated carbocycles. The quantitative estimate of drug-likeness (QED) is 0.364. The molecule has 45 heavy (non-hydrogen) atoms. The summed E-state index contributed by atoms with van der Waals surface area (Å²) in [6.45, 7) is 5.76. The molecule has 2 aromatic carbocycles. The van der Waals surface area contributed by atoms with Crippen LogP contribution in [0.15, 0.2) is 48.5 Å². The van der Waals surface area contributed by atoms with Crippen LogP contribution in [0, 0.1) is 30.4 Å². The van der Waals surface area contributed by atoms with Gasteiger partial charge in [0.05, 0.1) is 18.2 Å². The van der Waals surface area contributed by atoms with E-state index in [4.69, 9.17) is 9.47 Å². The number of hydrogen-bond acceptors (Lipinski definition) is 7. The molecule has 1 atom stereocenters. The van der Waals surface area contributed by atoms with E-state index >= 15 is 4.39 Å². The number of hydrogen-bond donors (Lipinski definition) is 0. The number of likely N-dealkylation sites (tertiary alicyclic amines) is 1. The van der Waals surface area contributed by atoms with E-state index < -0.39 is 23.5 Å². The average Bonchev–Trinajstić information content (AvgIpc) is 3.60. The lowest BCUT2D eigenvalue weighted by molar-refractivity contribution is -0.312. The normalized spacial score (nSPS) is 19.6. The maximum absolute atomic E-state index is 15.2. The number of anilines is 1. The predicted octanol–water partition coefficient (Wildman–Crippen LogP) is 4.62. The van der Waals surface area contributed by atoms with Crippen LogP contribution in [0.2, 0.25) is 0 Å². The molecule has 6 rings (SSSR count). The summed E-state index contributed by atoms with van der Waals surface area (Å²) >= 11 is 0. The van der Waals surface area contributed by atoms with Crippen LogP contribution in [0.5, 0.6) is 5.75 Å². The molecule has 1 amide bonds. The molecule has 3 saturated heterocycles. The molecule has 0 radical (unpaired) electrons. The third-order valence-corrected chi connectivity index (χ3v) is 9.47. The number of rotatable bonds is 8. The minimum Gasteiger partial charge on any atom is -0.550 e. The number of amides is 1. The molecule has 0 N–H and O–H groups in total. The number of carboxylic acids is 1. The third-order valence-electron chi connectivity index (χ3n) is 9.47. The lowest BCUT2D eigenvalue weighted by Gasteiger charge is -2.33. The summed E-state index contributed by atoms with van der Waals surface area (Å²) in [5.74, 6) is -1.99. The van der Waals surface area contributed by atoms with Gasteiger partial charge in [-0.05, 0) is 79.8 Å². The second-order valence-corrected chi connectivity index (χ2v) is 12.4. The fourth-order valence-electron chi connectivity index (χ4n) is 6.70. The van der Waals surface area contributed by atoms with Gasteiger partial charge < -0.3 is 29.2 Å². The van der Waals surface area contributed by atoms with E-state index in [1.807, 2.05) is 22.8 Å². The highest BCUT2D eigenvalue weighted by molar-refractivity contribution is 5.79. The first-order valence-electron chi connectivity index (χ1n) is 15.8. The van der Waals surface area contributed by atoms with Gasteiger partial charge in [-0.2, -0.15) is 0 Å². The Kier molecular flexibility index (Phi) is 9.30. The van der Waals surface area contributed by atoms with E-state index in [0.717, 1.165) is 49.5 Å². The van der Waals surface area contributed by atoms with Crippen LogP contribution in [0.25, 0.3) is 11.3 Å². The largest absolute Gasteiger partial charge is 0.550 e. The van der Waals surface area contributed by atoms with Crippen molar-refractivity contribution in [2.24, 2.45) is 11.8 Å². The molecule has 3 aromatic rings. The lowest BCUT2D eigenvalue weighted by Crippen LogP contribution is -2.41. The third kappa shape index (κ3) is 6.96. The van der Waals surface area contributed by atoms with E-state index in [1.54, 1.807) is 18.2 Å². The Morgan fingerprint density at radius 3 is 2.44 bits per heavy atom. The van der Waals surface area contributed by atoms with Crippen molar-refractivity contribution >= 4 is 17.7 Å². The van der Waals surface area contributed by atoms with Crippen LogP contribution >= 0.6 is 0 Å². The first-order chi connectivity index (χ1) is 21.8. The number of carboxylic acid groups (broad SMARTS) is 1. The molecule has 0 spiro atoms. The first-order valence-corrected chi connectivity index (χ1v) is 15.8. The smallest absolute Gasteiger partial charge is 0.228 e. The van der Waals surface area contributed by atoms with Crippen LogP contribution in [0.1, 0.15) is 54.7 Å². The molecular weight excluding hydrogens is 580 g/mol. The number of aromatic nitrogens is 1. The SMILES string of the molecule is Cc1cc(C2CCN(C(=O)C3CCOC3)CC2)ccc1COc1c(F)cc(F)cc1-c1cccc(N2CCC(C(=O)[O-])CC2)n1. The molecule has 0 aliphatic carbocycles. The number of piperidine rings is 2. The first kappa shape index (κ1) is 31.0. The number of carbonyl (C=O) groups is 2. The molecule has 4 heterocycles. The van der Waals surface area contributed by atoms with Gasteiger partial charge in [0.25, 0.3) is 0 Å². The van der Waals surface area contributed by atoms with E-state index in [1.165, 1.54) is 11.6 Å². The van der Waals surface area contributed by atoms with Gasteiger partial charge in [0, 0.05) is 56.3 Å². The highest BCUT2D eigenvalue weighted by Crippen LogP contribution is 2.36. The topological polar surface area (TPSA) is 95.0 Å². The molecule has 8 nitrogen and oxygen atoms in total. The maximum atomic E-state index is 15.2. The zero-order valence-corrected chi connectivity index (χ0v) is 25.5. The number of carbonyl (C=O) groups excluding carboxylic acids is 2. The van der Waals surface area contributed by atoms with Crippen LogP contribution in [-0.2, 0) is 20.9 Å². The Bertz CT molecular complexity index is 1540. The number of benzene rings is 2. The zero-order valence-electron chi connectivity index (χ0n) is 25.5. The lowest BCUT2D eigenvalue weighted by atomic mass is 9.87. The minimum atomic E-state index is -1.04. The molecule has 3 fully saturated rings. The number of halogens is 2. The van der Waals surface area contributed by atoms with Gasteiger partial charge in [0.2, 0.25) is 5.91 Å². The van der Waals surface area contributed by atoms with Gasteiger partial charge in [-0.25, -0.2) is 13.8 Å². The summed E-state index contributed by atoms with van der Waals surface area (Å²) in [6, 6.07) is 13.5. The summed E-state index contributed by atoms with van der Waals surface area (Å²) in [6.07, 6.45) is 3.51. The van der Waals surface area contributed by atoms with Gasteiger partial charge in [0.1, 0.15) is 18.2 Å². The zero-order chi connectivity index (χ0) is 31.5. The molecular formula is C35H38F2N3O5-. The second kappa shape index (κ2) is 13.5. The van der Waals surface area contributed by atoms with Crippen molar-refractivity contribution < 1.29 is 33.0 Å². The van der Waals surface area contributed by atoms with E-state index in [-0.39, 0.29) is 29.7 Å². The average molecular weight is 619 g/mol. The van der Waals surface area contributed by atoms with E-state index in [0.29, 0.717) is 56.6 Å². The fraction of sp³-hybridized carbons (Fsp3) is 0.457. The Morgan fingerprint density at radius 2 is 1.76 bits per heavy atom. The summed E-state index contributed by atoms with van der Waals surface area (Å²) < 4.78 is 41.0. The maximum Gasteiger partial charge on any atom is 0.228 e. The molecule has 3 aliphatic heterocycles. The molecule has 238 valence electrons. The monoisotopic (exact) mass is 618 g/mol. The molecule has 10 heteroatoms. The number of aliphatic carboxylic acids is 1. The summed E-state index contributed by atoms with van der Waals surface area (Å²) in [5.41, 5.74) is 3.68. The Balaban J connectivity index is 1.13. The number of aryl methyl sites for hydroxylation is 1. The Hall–Kier alpha value is -4.05. The van der Waals surface area contributed by atoms with Crippen LogP contribution in [-0.4, -0.2) is 61.2 Å². The predicted molar refractivity (Wildman–Crippen MR) is 163 cm³/mol. The van der Waals surface area contributed by atoms with Crippen molar-refractivity contribution in [3.05, 3.63) is 76.9 Å². The van der Waals surface area contributed by atoms with Crippen molar-refractivity contribution in [1.29, 1.82) is 0 Å².